The van der Waals surface area contributed by atoms with E-state index in [0.717, 1.165) is 13.0 Å². The third-order valence-corrected chi connectivity index (χ3v) is 4.82. The molecule has 0 bridgehead atoms. The Morgan fingerprint density at radius 1 is 1.33 bits per heavy atom. The number of likely N-dealkylation sites (tertiary alicyclic amines) is 2. The van der Waals surface area contributed by atoms with Crippen LogP contribution in [0.5, 0.6) is 0 Å². The number of amides is 2. The first-order valence-corrected chi connectivity index (χ1v) is 7.59. The number of carbonyl (C=O) groups is 2. The molecule has 112 valence electrons. The van der Waals surface area contributed by atoms with Gasteiger partial charge in [-0.05, 0) is 25.2 Å². The van der Waals surface area contributed by atoms with Crippen molar-refractivity contribution in [3.05, 3.63) is 12.2 Å². The maximum Gasteiger partial charge on any atom is 0.293 e. The molecule has 2 amide bonds. The fourth-order valence-corrected chi connectivity index (χ4v) is 3.56. The van der Waals surface area contributed by atoms with Crippen LogP contribution in [0.2, 0.25) is 0 Å². The molecule has 2 saturated heterocycles. The van der Waals surface area contributed by atoms with E-state index in [2.05, 4.69) is 10.1 Å². The highest BCUT2D eigenvalue weighted by Gasteiger charge is 2.49. The van der Waals surface area contributed by atoms with Gasteiger partial charge in [0.25, 0.3) is 5.91 Å². The van der Waals surface area contributed by atoms with Crippen molar-refractivity contribution in [2.45, 2.75) is 37.8 Å². The summed E-state index contributed by atoms with van der Waals surface area (Å²) < 4.78 is 1.53. The van der Waals surface area contributed by atoms with Gasteiger partial charge in [-0.25, -0.2) is 4.98 Å². The lowest BCUT2D eigenvalue weighted by molar-refractivity contribution is -0.129. The summed E-state index contributed by atoms with van der Waals surface area (Å²) in [6.45, 7) is 1.57. The predicted octanol–water partition coefficient (Wildman–Crippen LogP) is 0.0405. The van der Waals surface area contributed by atoms with Crippen molar-refractivity contribution in [1.82, 2.24) is 24.6 Å². The van der Waals surface area contributed by atoms with Crippen LogP contribution in [0.3, 0.4) is 0 Å². The highest BCUT2D eigenvalue weighted by atomic mass is 16.2. The Labute approximate surface area is 122 Å². The summed E-state index contributed by atoms with van der Waals surface area (Å²) >= 11 is 0. The maximum absolute atomic E-state index is 12.5. The lowest BCUT2D eigenvalue weighted by Gasteiger charge is -2.24. The second-order valence-corrected chi connectivity index (χ2v) is 6.36. The molecule has 1 aromatic heterocycles. The second-order valence-electron chi connectivity index (χ2n) is 6.36. The molecule has 1 saturated carbocycles. The molecular formula is C14H19N5O2. The summed E-state index contributed by atoms with van der Waals surface area (Å²) in [7, 11) is 1.74. The smallest absolute Gasteiger partial charge is 0.293 e. The first kappa shape index (κ1) is 12.8. The molecule has 0 N–H and O–H groups in total. The molecule has 0 radical (unpaired) electrons. The van der Waals surface area contributed by atoms with E-state index in [1.54, 1.807) is 11.9 Å². The van der Waals surface area contributed by atoms with Gasteiger partial charge in [0.05, 0.1) is 12.1 Å². The number of aryl methyl sites for hydroxylation is 1. The molecular weight excluding hydrogens is 270 g/mol. The van der Waals surface area contributed by atoms with Crippen molar-refractivity contribution >= 4 is 11.8 Å². The Morgan fingerprint density at radius 2 is 2.14 bits per heavy atom. The van der Waals surface area contributed by atoms with Crippen LogP contribution in [0.15, 0.2) is 6.33 Å². The Balaban J connectivity index is 1.51. The van der Waals surface area contributed by atoms with Gasteiger partial charge < -0.3 is 9.80 Å². The van der Waals surface area contributed by atoms with Gasteiger partial charge in [0.2, 0.25) is 11.7 Å². The molecule has 3 heterocycles. The van der Waals surface area contributed by atoms with Crippen LogP contribution < -0.4 is 0 Å². The number of hydrogen-bond acceptors (Lipinski definition) is 4. The summed E-state index contributed by atoms with van der Waals surface area (Å²) in [5.41, 5.74) is 0. The zero-order valence-electron chi connectivity index (χ0n) is 12.1. The minimum atomic E-state index is -0.149. The third-order valence-electron chi connectivity index (χ3n) is 4.82. The Kier molecular flexibility index (Phi) is 2.77. The van der Waals surface area contributed by atoms with Crippen molar-refractivity contribution in [3.8, 4) is 0 Å². The topological polar surface area (TPSA) is 71.3 Å². The number of hydrogen-bond donors (Lipinski definition) is 0. The molecule has 0 spiro atoms. The zero-order valence-corrected chi connectivity index (χ0v) is 12.1. The SMILES string of the molecule is Cn1cnc(C(=O)N2CCC3C2CC(=O)N3CC2CC2)n1. The molecule has 1 aromatic rings. The van der Waals surface area contributed by atoms with E-state index in [9.17, 15) is 9.59 Å². The van der Waals surface area contributed by atoms with Gasteiger partial charge >= 0.3 is 0 Å². The maximum atomic E-state index is 12.5. The molecule has 3 aliphatic rings. The van der Waals surface area contributed by atoms with Crippen LogP contribution in [0, 0.1) is 5.92 Å². The van der Waals surface area contributed by atoms with E-state index >= 15 is 0 Å². The number of fused-ring (bicyclic) bond motifs is 1. The number of carbonyl (C=O) groups excluding carboxylic acids is 2. The minimum absolute atomic E-state index is 0.00700. The van der Waals surface area contributed by atoms with Gasteiger partial charge in [-0.3, -0.25) is 14.3 Å². The number of rotatable bonds is 3. The van der Waals surface area contributed by atoms with E-state index in [-0.39, 0.29) is 29.7 Å². The summed E-state index contributed by atoms with van der Waals surface area (Å²) in [6, 6.07) is 0.207. The fourth-order valence-electron chi connectivity index (χ4n) is 3.56. The van der Waals surface area contributed by atoms with E-state index in [1.807, 2.05) is 4.90 Å². The normalized spacial score (nSPS) is 28.3. The van der Waals surface area contributed by atoms with Crippen LogP contribution >= 0.6 is 0 Å². The number of aromatic nitrogens is 3. The van der Waals surface area contributed by atoms with Gasteiger partial charge in [0, 0.05) is 26.6 Å². The van der Waals surface area contributed by atoms with E-state index in [1.165, 1.54) is 23.9 Å². The van der Waals surface area contributed by atoms with Crippen molar-refractivity contribution < 1.29 is 9.59 Å². The fraction of sp³-hybridized carbons (Fsp3) is 0.714. The molecule has 2 unspecified atom stereocenters. The summed E-state index contributed by atoms with van der Waals surface area (Å²) in [5, 5.41) is 4.08. The Bertz CT molecular complexity index is 594. The summed E-state index contributed by atoms with van der Waals surface area (Å²) in [5.74, 6) is 0.966. The van der Waals surface area contributed by atoms with Gasteiger partial charge in [-0.15, -0.1) is 5.10 Å². The molecule has 2 aliphatic heterocycles. The standard InChI is InChI=1S/C14H19N5O2/c1-17-8-15-13(16-17)14(21)18-5-4-10-11(18)6-12(20)19(10)7-9-2-3-9/h8-11H,2-7H2,1H3. The first-order valence-electron chi connectivity index (χ1n) is 7.59. The molecule has 3 fully saturated rings. The van der Waals surface area contributed by atoms with Crippen molar-refractivity contribution in [1.29, 1.82) is 0 Å². The summed E-state index contributed by atoms with van der Waals surface area (Å²) in [6.07, 6.45) is 5.33. The van der Waals surface area contributed by atoms with E-state index in [4.69, 9.17) is 0 Å². The van der Waals surface area contributed by atoms with Crippen molar-refractivity contribution in [3.63, 3.8) is 0 Å². The minimum Gasteiger partial charge on any atom is -0.337 e. The van der Waals surface area contributed by atoms with Gasteiger partial charge in [-0.1, -0.05) is 0 Å². The Morgan fingerprint density at radius 3 is 2.81 bits per heavy atom. The summed E-state index contributed by atoms with van der Waals surface area (Å²) in [4.78, 5) is 32.6. The predicted molar refractivity (Wildman–Crippen MR) is 73.3 cm³/mol. The van der Waals surface area contributed by atoms with Crippen molar-refractivity contribution in [2.75, 3.05) is 13.1 Å². The zero-order chi connectivity index (χ0) is 14.6. The molecule has 7 nitrogen and oxygen atoms in total. The average molecular weight is 289 g/mol. The largest absolute Gasteiger partial charge is 0.337 e. The monoisotopic (exact) mass is 289 g/mol. The highest BCUT2D eigenvalue weighted by Crippen LogP contribution is 2.37. The van der Waals surface area contributed by atoms with Gasteiger partial charge in [-0.2, -0.15) is 0 Å². The Hall–Kier alpha value is -1.92. The lowest BCUT2D eigenvalue weighted by atomic mass is 10.1. The van der Waals surface area contributed by atoms with Gasteiger partial charge in [0.1, 0.15) is 6.33 Å². The van der Waals surface area contributed by atoms with Crippen LogP contribution in [0.1, 0.15) is 36.3 Å². The van der Waals surface area contributed by atoms with Crippen LogP contribution in [-0.2, 0) is 11.8 Å². The lowest BCUT2D eigenvalue weighted by Crippen LogP contribution is -2.40. The first-order chi connectivity index (χ1) is 10.1. The quantitative estimate of drug-likeness (QED) is 0.787. The molecule has 0 aromatic carbocycles. The highest BCUT2D eigenvalue weighted by molar-refractivity contribution is 5.92. The number of nitrogens with zero attached hydrogens (tertiary/aromatic N) is 5. The van der Waals surface area contributed by atoms with Crippen LogP contribution in [0.25, 0.3) is 0 Å². The molecule has 21 heavy (non-hydrogen) atoms. The average Bonchev–Trinajstić information content (AvgIpc) is 2.89. The van der Waals surface area contributed by atoms with Crippen LogP contribution in [-0.4, -0.2) is 61.6 Å². The molecule has 7 heteroatoms. The van der Waals surface area contributed by atoms with E-state index in [0.29, 0.717) is 18.9 Å². The third kappa shape index (κ3) is 2.11. The van der Waals surface area contributed by atoms with Gasteiger partial charge in [0.15, 0.2) is 0 Å². The van der Waals surface area contributed by atoms with Crippen molar-refractivity contribution in [2.24, 2.45) is 13.0 Å². The molecule has 1 aliphatic carbocycles. The van der Waals surface area contributed by atoms with E-state index < -0.39 is 0 Å². The van der Waals surface area contributed by atoms with Crippen LogP contribution in [0.4, 0.5) is 0 Å². The molecule has 4 rings (SSSR count). The second kappa shape index (κ2) is 4.54. The molecule has 2 atom stereocenters.